The van der Waals surface area contributed by atoms with Crippen molar-refractivity contribution in [3.05, 3.63) is 126 Å². The Kier molecular flexibility index (Phi) is 36.9. The van der Waals surface area contributed by atoms with E-state index < -0.39 is 0 Å². The number of hydrogen-bond acceptors (Lipinski definition) is 9. The summed E-state index contributed by atoms with van der Waals surface area (Å²) >= 11 is 13.7. The van der Waals surface area contributed by atoms with E-state index in [0.29, 0.717) is 0 Å². The fourth-order valence-electron chi connectivity index (χ4n) is 13.2. The highest BCUT2D eigenvalue weighted by Gasteiger charge is 2.25. The first-order chi connectivity index (χ1) is 46.7. The van der Waals surface area contributed by atoms with Crippen LogP contribution in [0.4, 0.5) is 0 Å². The smallest absolute Gasteiger partial charge is 0.227 e. The van der Waals surface area contributed by atoms with Crippen molar-refractivity contribution in [1.82, 2.24) is 0 Å². The molecule has 0 spiro atoms. The average Bonchev–Trinajstić information content (AvgIpc) is 1.63. The maximum Gasteiger partial charge on any atom is 0.263 e. The van der Waals surface area contributed by atoms with Gasteiger partial charge in [0, 0.05) is 68.3 Å². The molecule has 0 aliphatic carbocycles. The fourth-order valence-corrected chi connectivity index (χ4v) is 22.2. The number of hydrogen-bond donors (Lipinski definition) is 0. The summed E-state index contributed by atoms with van der Waals surface area (Å²) in [5, 5.41) is 19.7. The first-order valence-corrected chi connectivity index (χ1v) is 43.3. The molecule has 0 fully saturated rings. The zero-order chi connectivity index (χ0) is 67.2. The molecule has 0 saturated heterocycles. The van der Waals surface area contributed by atoms with E-state index >= 15 is 0 Å². The highest BCUT2D eigenvalue weighted by Crippen LogP contribution is 2.53. The van der Waals surface area contributed by atoms with Gasteiger partial charge < -0.3 is 0 Å². The quantitative estimate of drug-likeness (QED) is 0.0217. The van der Waals surface area contributed by atoms with Crippen molar-refractivity contribution in [2.75, 3.05) is 0 Å². The third kappa shape index (κ3) is 25.2. The highest BCUT2D eigenvalue weighted by atomic mass is 32.1. The van der Waals surface area contributed by atoms with Crippen LogP contribution in [0, 0.1) is 35.8 Å². The van der Waals surface area contributed by atoms with Crippen molar-refractivity contribution in [2.45, 2.75) is 311 Å². The molecule has 7 rings (SSSR count). The maximum absolute atomic E-state index is 9.86. The number of allylic oxidation sites excluding steroid dienone is 2. The SMILES string of the molecule is [C-]#[N+]/C(C#N)=C\c1cc(CCCCCCCC)c(-c2cc(CCCCCCCC)c(-c3cc(CCCCCCCC)c(-c4ccc(-c5sc(-c6sc(-c7sc(/C=C(\C#N)[N+]#[C-])cc7CCCCCCCC)cc6CCCCCCCC)cc5CCCCCCCC)s4)s3)s2)s1. The molecule has 510 valence electrons. The summed E-state index contributed by atoms with van der Waals surface area (Å²) in [7, 11) is 0. The Balaban J connectivity index is 1.32. The second kappa shape index (κ2) is 45.1. The fraction of sp³-hybridized carbons (Fsp3) is 0.571. The summed E-state index contributed by atoms with van der Waals surface area (Å²) in [4.78, 5) is 25.9. The van der Waals surface area contributed by atoms with Crippen LogP contribution in [-0.2, 0) is 38.5 Å². The van der Waals surface area contributed by atoms with Crippen LogP contribution in [-0.4, -0.2) is 0 Å². The zero-order valence-corrected chi connectivity index (χ0v) is 64.8. The molecule has 0 saturated carbocycles. The summed E-state index contributed by atoms with van der Waals surface area (Å²) in [6.45, 7) is 29.3. The lowest BCUT2D eigenvalue weighted by Crippen LogP contribution is -1.87. The average molecular weight is 1400 g/mol. The maximum atomic E-state index is 9.86. The Morgan fingerprint density at radius 3 is 0.737 bits per heavy atom. The van der Waals surface area contributed by atoms with E-state index in [9.17, 15) is 10.5 Å². The lowest BCUT2D eigenvalue weighted by Gasteiger charge is -2.04. The molecule has 0 N–H and O–H groups in total. The van der Waals surface area contributed by atoms with Crippen LogP contribution in [0.3, 0.4) is 0 Å². The Bertz CT molecular complexity index is 3320. The van der Waals surface area contributed by atoms with E-state index in [-0.39, 0.29) is 11.4 Å². The Hall–Kier alpha value is -4.66. The summed E-state index contributed by atoms with van der Waals surface area (Å²) in [5.74, 6) is 0. The Labute approximate surface area is 604 Å². The topological polar surface area (TPSA) is 56.3 Å². The van der Waals surface area contributed by atoms with Gasteiger partial charge in [0.1, 0.15) is 0 Å². The summed E-state index contributed by atoms with van der Waals surface area (Å²) in [5.41, 5.74) is 9.03. The number of thiophene rings is 7. The lowest BCUT2D eigenvalue weighted by atomic mass is 10.0. The van der Waals surface area contributed by atoms with Gasteiger partial charge in [-0.2, -0.15) is 0 Å². The minimum absolute atomic E-state index is 0.153. The highest BCUT2D eigenvalue weighted by molar-refractivity contribution is 7.31. The van der Waals surface area contributed by atoms with Crippen molar-refractivity contribution in [3.63, 3.8) is 0 Å². The second-order valence-electron chi connectivity index (χ2n) is 26.6. The van der Waals surface area contributed by atoms with E-state index in [1.807, 2.05) is 68.8 Å². The third-order valence-corrected chi connectivity index (χ3v) is 27.8. The number of nitrogens with zero attached hydrogens (tertiary/aromatic N) is 4. The standard InChI is InChI=1S/C84H112N4S7/c1-9-15-21-27-33-39-45-63-53-71(59-69(61-85)87-7)89-81(63)75-57-67(49-43-37-31-25-19-13-5)83(94-75)77-55-65(47-41-35-29-23-17-11-3)79(92-77)73-51-52-74(91-73)80-66(48-42-36-30-24-18-12-4)56-78(93-80)84-68(50-44-38-32-26-20-14-6)58-76(95-84)82-64(46-40-34-28-22-16-10-2)54-72(90-82)60-70(62-86)88-8/h51-60H,9-50H2,1-6H3/b69-59-,70-60+. The van der Waals surface area contributed by atoms with E-state index in [2.05, 4.69) is 112 Å². The van der Waals surface area contributed by atoms with Crippen LogP contribution >= 0.6 is 79.4 Å². The van der Waals surface area contributed by atoms with Gasteiger partial charge in [-0.1, -0.05) is 234 Å². The van der Waals surface area contributed by atoms with Crippen LogP contribution in [0.25, 0.3) is 80.4 Å². The first-order valence-electron chi connectivity index (χ1n) is 37.6. The van der Waals surface area contributed by atoms with Gasteiger partial charge in [0.15, 0.2) is 0 Å². The van der Waals surface area contributed by atoms with Crippen molar-refractivity contribution in [2.24, 2.45) is 0 Å². The number of unbranched alkanes of at least 4 members (excludes halogenated alkanes) is 30. The van der Waals surface area contributed by atoms with Crippen LogP contribution in [0.1, 0.15) is 316 Å². The molecule has 4 nitrogen and oxygen atoms in total. The molecule has 0 unspecified atom stereocenters. The zero-order valence-electron chi connectivity index (χ0n) is 59.1. The minimum Gasteiger partial charge on any atom is -0.227 e. The number of rotatable bonds is 50. The molecular formula is C84H112N4S7. The van der Waals surface area contributed by atoms with Gasteiger partial charge in [0.25, 0.3) is 11.4 Å². The predicted octanol–water partition coefficient (Wildman–Crippen LogP) is 31.1. The van der Waals surface area contributed by atoms with E-state index in [1.54, 1.807) is 22.7 Å². The van der Waals surface area contributed by atoms with Crippen molar-refractivity contribution < 1.29 is 0 Å². The molecule has 7 aromatic heterocycles. The van der Waals surface area contributed by atoms with E-state index in [4.69, 9.17) is 13.1 Å². The van der Waals surface area contributed by atoms with Gasteiger partial charge in [-0.3, -0.25) is 0 Å². The second-order valence-corrected chi connectivity index (χ2v) is 34.1. The molecule has 95 heavy (non-hydrogen) atoms. The van der Waals surface area contributed by atoms with Crippen molar-refractivity contribution in [3.8, 4) is 70.7 Å². The molecule has 0 bridgehead atoms. The van der Waals surface area contributed by atoms with Gasteiger partial charge in [-0.05, 0) is 171 Å². The van der Waals surface area contributed by atoms with Gasteiger partial charge in [-0.15, -0.1) is 79.4 Å². The normalized spacial score (nSPS) is 11.9. The molecule has 0 radical (unpaired) electrons. The van der Waals surface area contributed by atoms with Gasteiger partial charge in [-0.25, -0.2) is 20.2 Å². The largest absolute Gasteiger partial charge is 0.263 e. The molecule has 0 amide bonds. The first kappa shape index (κ1) is 77.7. The summed E-state index contributed by atoms with van der Waals surface area (Å²) < 4.78 is 0. The van der Waals surface area contributed by atoms with Gasteiger partial charge in [0.2, 0.25) is 0 Å². The van der Waals surface area contributed by atoms with Crippen molar-refractivity contribution in [1.29, 1.82) is 10.5 Å². The molecule has 7 heterocycles. The van der Waals surface area contributed by atoms with Crippen LogP contribution in [0.2, 0.25) is 0 Å². The molecule has 0 aliphatic heterocycles. The lowest BCUT2D eigenvalue weighted by molar-refractivity contribution is 0.608. The van der Waals surface area contributed by atoms with Gasteiger partial charge >= 0.3 is 0 Å². The molecule has 0 aliphatic rings. The summed E-state index contributed by atoms with van der Waals surface area (Å²) in [6.07, 6.45) is 55.7. The Morgan fingerprint density at radius 2 is 0.505 bits per heavy atom. The molecule has 0 atom stereocenters. The minimum atomic E-state index is 0.153. The molecule has 7 aromatic rings. The Morgan fingerprint density at radius 1 is 0.295 bits per heavy atom. The third-order valence-electron chi connectivity index (χ3n) is 18.7. The van der Waals surface area contributed by atoms with Crippen molar-refractivity contribution >= 4 is 91.5 Å². The molecule has 11 heteroatoms. The number of nitriles is 2. The van der Waals surface area contributed by atoms with Crippen LogP contribution in [0.5, 0.6) is 0 Å². The van der Waals surface area contributed by atoms with Crippen LogP contribution in [0.15, 0.2) is 59.9 Å². The molecular weight excluding hydrogens is 1290 g/mol. The molecule has 0 aromatic carbocycles. The predicted molar refractivity (Wildman–Crippen MR) is 427 cm³/mol. The van der Waals surface area contributed by atoms with E-state index in [1.165, 1.54) is 310 Å². The summed E-state index contributed by atoms with van der Waals surface area (Å²) in [6, 6.07) is 24.2. The number of aryl methyl sites for hydroxylation is 6. The van der Waals surface area contributed by atoms with Crippen LogP contribution < -0.4 is 0 Å². The van der Waals surface area contributed by atoms with E-state index in [0.717, 1.165) is 61.1 Å². The van der Waals surface area contributed by atoms with Gasteiger partial charge in [0.05, 0.1) is 25.3 Å². The monoisotopic (exact) mass is 1400 g/mol.